The normalized spacial score (nSPS) is 10.1. The number of carbonyl (C=O) groups is 4. The minimum atomic E-state index is -0.676. The maximum atomic E-state index is 12.1. The third-order valence-corrected chi connectivity index (χ3v) is 4.72. The van der Waals surface area contributed by atoms with Crippen molar-refractivity contribution in [3.8, 4) is 11.5 Å². The van der Waals surface area contributed by atoms with Gasteiger partial charge in [-0.1, -0.05) is 18.2 Å². The first-order valence-electron chi connectivity index (χ1n) is 11.3. The molecule has 0 aliphatic heterocycles. The van der Waals surface area contributed by atoms with E-state index in [1.54, 1.807) is 43.3 Å². The average molecular weight is 491 g/mol. The number of ether oxygens (including phenoxy) is 3. The van der Waals surface area contributed by atoms with Crippen molar-refractivity contribution in [2.45, 2.75) is 19.8 Å². The van der Waals surface area contributed by atoms with Gasteiger partial charge in [-0.25, -0.2) is 4.79 Å². The molecular weight excluding hydrogens is 464 g/mol. The SMILES string of the molecule is CCOC(=O)c1ccc(NC(=O)CCC(=O)OCC(=O)Nc2ccc(Oc3ccccc3)cc2)cc1. The summed E-state index contributed by atoms with van der Waals surface area (Å²) in [6.45, 7) is 1.51. The maximum Gasteiger partial charge on any atom is 0.338 e. The van der Waals surface area contributed by atoms with Crippen molar-refractivity contribution >= 4 is 35.1 Å². The van der Waals surface area contributed by atoms with Crippen molar-refractivity contribution in [2.75, 3.05) is 23.8 Å². The Morgan fingerprint density at radius 3 is 1.89 bits per heavy atom. The van der Waals surface area contributed by atoms with Gasteiger partial charge in [0.05, 0.1) is 18.6 Å². The van der Waals surface area contributed by atoms with Gasteiger partial charge in [-0.3, -0.25) is 14.4 Å². The van der Waals surface area contributed by atoms with Crippen LogP contribution in [-0.2, 0) is 23.9 Å². The molecule has 0 unspecified atom stereocenters. The van der Waals surface area contributed by atoms with Crippen LogP contribution in [0.3, 0.4) is 0 Å². The number of benzene rings is 3. The van der Waals surface area contributed by atoms with Gasteiger partial charge in [-0.15, -0.1) is 0 Å². The zero-order valence-corrected chi connectivity index (χ0v) is 19.7. The van der Waals surface area contributed by atoms with Crippen molar-refractivity contribution in [3.63, 3.8) is 0 Å². The number of para-hydroxylation sites is 1. The predicted octanol–water partition coefficient (Wildman–Crippen LogP) is 4.56. The molecule has 2 amide bonds. The largest absolute Gasteiger partial charge is 0.462 e. The van der Waals surface area contributed by atoms with Gasteiger partial charge in [0.15, 0.2) is 6.61 Å². The topological polar surface area (TPSA) is 120 Å². The minimum Gasteiger partial charge on any atom is -0.462 e. The van der Waals surface area contributed by atoms with Crippen molar-refractivity contribution < 1.29 is 33.4 Å². The van der Waals surface area contributed by atoms with Crippen LogP contribution >= 0.6 is 0 Å². The van der Waals surface area contributed by atoms with Gasteiger partial charge in [-0.05, 0) is 67.6 Å². The summed E-state index contributed by atoms with van der Waals surface area (Å²) in [7, 11) is 0. The number of hydrogen-bond acceptors (Lipinski definition) is 7. The lowest BCUT2D eigenvalue weighted by atomic mass is 10.2. The Morgan fingerprint density at radius 2 is 1.25 bits per heavy atom. The lowest BCUT2D eigenvalue weighted by Crippen LogP contribution is -2.21. The molecule has 3 rings (SSSR count). The number of rotatable bonds is 11. The molecule has 9 heteroatoms. The fraction of sp³-hybridized carbons (Fsp3) is 0.185. The van der Waals surface area contributed by atoms with Gasteiger partial charge in [0.2, 0.25) is 5.91 Å². The average Bonchev–Trinajstić information content (AvgIpc) is 2.88. The Labute approximate surface area is 208 Å². The number of nitrogens with one attached hydrogen (secondary N) is 2. The molecule has 0 fully saturated rings. The van der Waals surface area contributed by atoms with Crippen molar-refractivity contribution in [2.24, 2.45) is 0 Å². The summed E-state index contributed by atoms with van der Waals surface area (Å²) in [5, 5.41) is 5.25. The van der Waals surface area contributed by atoms with E-state index in [0.717, 1.165) is 0 Å². The summed E-state index contributed by atoms with van der Waals surface area (Å²) in [5.41, 5.74) is 1.36. The van der Waals surface area contributed by atoms with Gasteiger partial charge in [0.25, 0.3) is 5.91 Å². The van der Waals surface area contributed by atoms with Gasteiger partial charge in [-0.2, -0.15) is 0 Å². The number of carbonyl (C=O) groups excluding carboxylic acids is 4. The van der Waals surface area contributed by atoms with Crippen LogP contribution in [0.5, 0.6) is 11.5 Å². The summed E-state index contributed by atoms with van der Waals surface area (Å²) >= 11 is 0. The van der Waals surface area contributed by atoms with E-state index < -0.39 is 30.4 Å². The maximum absolute atomic E-state index is 12.1. The summed E-state index contributed by atoms with van der Waals surface area (Å²) in [4.78, 5) is 47.7. The molecule has 3 aromatic rings. The number of amides is 2. The van der Waals surface area contributed by atoms with Crippen LogP contribution in [-0.4, -0.2) is 37.0 Å². The standard InChI is InChI=1S/C27H26N2O7/c1-2-34-27(33)19-8-10-20(11-9-19)28-24(30)16-17-26(32)35-18-25(31)29-21-12-14-23(15-13-21)36-22-6-4-3-5-7-22/h3-15H,2,16-18H2,1H3,(H,28,30)(H,29,31). The highest BCUT2D eigenvalue weighted by molar-refractivity contribution is 5.95. The molecule has 0 saturated heterocycles. The molecule has 36 heavy (non-hydrogen) atoms. The first kappa shape index (κ1) is 26.0. The summed E-state index contributed by atoms with van der Waals surface area (Å²) < 4.78 is 15.5. The molecule has 2 N–H and O–H groups in total. The third kappa shape index (κ3) is 8.60. The second-order valence-corrected chi connectivity index (χ2v) is 7.49. The van der Waals surface area contributed by atoms with E-state index in [0.29, 0.717) is 28.4 Å². The highest BCUT2D eigenvalue weighted by atomic mass is 16.5. The molecule has 9 nitrogen and oxygen atoms in total. The molecule has 0 aromatic heterocycles. The Hall–Kier alpha value is -4.66. The molecule has 0 atom stereocenters. The molecule has 0 radical (unpaired) electrons. The first-order valence-corrected chi connectivity index (χ1v) is 11.3. The molecule has 0 aliphatic carbocycles. The van der Waals surface area contributed by atoms with Crippen LogP contribution < -0.4 is 15.4 Å². The van der Waals surface area contributed by atoms with Crippen molar-refractivity contribution in [1.82, 2.24) is 0 Å². The highest BCUT2D eigenvalue weighted by Crippen LogP contribution is 2.22. The molecule has 0 bridgehead atoms. The first-order chi connectivity index (χ1) is 17.4. The second-order valence-electron chi connectivity index (χ2n) is 7.49. The zero-order valence-electron chi connectivity index (χ0n) is 19.7. The van der Waals surface area contributed by atoms with E-state index in [1.165, 1.54) is 12.1 Å². The smallest absolute Gasteiger partial charge is 0.338 e. The summed E-state index contributed by atoms with van der Waals surface area (Å²) in [6.07, 6.45) is -0.311. The van der Waals surface area contributed by atoms with Crippen LogP contribution in [0.15, 0.2) is 78.9 Å². The molecule has 0 aliphatic rings. The molecular formula is C27H26N2O7. The van der Waals surface area contributed by atoms with E-state index >= 15 is 0 Å². The lowest BCUT2D eigenvalue weighted by molar-refractivity contribution is -0.147. The van der Waals surface area contributed by atoms with Crippen molar-refractivity contribution in [3.05, 3.63) is 84.4 Å². The van der Waals surface area contributed by atoms with Crippen LogP contribution in [0.2, 0.25) is 0 Å². The number of hydrogen-bond donors (Lipinski definition) is 2. The molecule has 3 aromatic carbocycles. The highest BCUT2D eigenvalue weighted by Gasteiger charge is 2.12. The molecule has 0 heterocycles. The van der Waals surface area contributed by atoms with Crippen LogP contribution in [0, 0.1) is 0 Å². The summed E-state index contributed by atoms with van der Waals surface area (Å²) in [5.74, 6) is -0.731. The van der Waals surface area contributed by atoms with Gasteiger partial charge >= 0.3 is 11.9 Å². The zero-order chi connectivity index (χ0) is 25.8. The summed E-state index contributed by atoms with van der Waals surface area (Å²) in [6, 6.07) is 22.2. The lowest BCUT2D eigenvalue weighted by Gasteiger charge is -2.09. The fourth-order valence-corrected chi connectivity index (χ4v) is 2.99. The van der Waals surface area contributed by atoms with Crippen LogP contribution in [0.1, 0.15) is 30.1 Å². The van der Waals surface area contributed by atoms with E-state index in [4.69, 9.17) is 14.2 Å². The van der Waals surface area contributed by atoms with Gasteiger partial charge in [0, 0.05) is 17.8 Å². The van der Waals surface area contributed by atoms with E-state index in [9.17, 15) is 19.2 Å². The quantitative estimate of drug-likeness (QED) is 0.378. The fourth-order valence-electron chi connectivity index (χ4n) is 2.99. The predicted molar refractivity (Wildman–Crippen MR) is 133 cm³/mol. The van der Waals surface area contributed by atoms with E-state index in [1.807, 2.05) is 30.3 Å². The molecule has 186 valence electrons. The number of anilines is 2. The Bertz CT molecular complexity index is 1180. The third-order valence-electron chi connectivity index (χ3n) is 4.72. The van der Waals surface area contributed by atoms with Gasteiger partial charge in [0.1, 0.15) is 11.5 Å². The Balaban J connectivity index is 1.34. The minimum absolute atomic E-state index is 0.122. The van der Waals surface area contributed by atoms with Crippen LogP contribution in [0.25, 0.3) is 0 Å². The van der Waals surface area contributed by atoms with E-state index in [-0.39, 0.29) is 19.4 Å². The van der Waals surface area contributed by atoms with E-state index in [2.05, 4.69) is 10.6 Å². The number of esters is 2. The monoisotopic (exact) mass is 490 g/mol. The Kier molecular flexibility index (Phi) is 9.58. The molecule has 0 spiro atoms. The van der Waals surface area contributed by atoms with Gasteiger partial charge < -0.3 is 24.8 Å². The van der Waals surface area contributed by atoms with Crippen LogP contribution in [0.4, 0.5) is 11.4 Å². The second kappa shape index (κ2) is 13.3. The Morgan fingerprint density at radius 1 is 0.667 bits per heavy atom. The molecule has 0 saturated carbocycles. The van der Waals surface area contributed by atoms with Crippen molar-refractivity contribution in [1.29, 1.82) is 0 Å².